The van der Waals surface area contributed by atoms with Gasteiger partial charge in [-0.1, -0.05) is 72.0 Å². The average Bonchev–Trinajstić information content (AvgIpc) is 3.32. The molecule has 2 heterocycles. The number of carbonyl (C=O) groups is 1. The number of sulfonamides is 1. The zero-order valence-corrected chi connectivity index (χ0v) is 18.2. The van der Waals surface area contributed by atoms with Crippen LogP contribution in [-0.4, -0.2) is 46.8 Å². The minimum Gasteiger partial charge on any atom is -0.299 e. The zero-order chi connectivity index (χ0) is 21.8. The lowest BCUT2D eigenvalue weighted by atomic mass is 10.2. The molecule has 0 unspecified atom stereocenters. The Hall–Kier alpha value is -3.34. The molecule has 2 aromatic heterocycles. The first-order valence-electron chi connectivity index (χ1n) is 9.32. The number of carbonyl (C=O) groups excluding carboxylic acids is 1. The van der Waals surface area contributed by atoms with Gasteiger partial charge in [0, 0.05) is 18.0 Å². The smallest absolute Gasteiger partial charge is 0.241 e. The lowest BCUT2D eigenvalue weighted by Crippen LogP contribution is -2.33. The molecule has 0 radical (unpaired) electrons. The van der Waals surface area contributed by atoms with E-state index in [1.54, 1.807) is 22.8 Å². The van der Waals surface area contributed by atoms with E-state index in [0.717, 1.165) is 26.5 Å². The minimum absolute atomic E-state index is 0.335. The molecule has 8 nitrogen and oxygen atoms in total. The summed E-state index contributed by atoms with van der Waals surface area (Å²) >= 11 is 1.21. The van der Waals surface area contributed by atoms with E-state index in [9.17, 15) is 13.2 Å². The van der Waals surface area contributed by atoms with E-state index in [0.29, 0.717) is 10.1 Å². The number of likely N-dealkylation sites (N-methyl/N-ethyl adjacent to an activating group) is 1. The molecule has 0 aliphatic carbocycles. The van der Waals surface area contributed by atoms with Crippen LogP contribution < -0.4 is 5.32 Å². The second-order valence-electron chi connectivity index (χ2n) is 6.69. The van der Waals surface area contributed by atoms with Gasteiger partial charge in [-0.05, 0) is 11.6 Å². The van der Waals surface area contributed by atoms with Crippen LogP contribution in [0.2, 0.25) is 0 Å². The molecular formula is C21H19N5O3S2. The summed E-state index contributed by atoms with van der Waals surface area (Å²) in [6.07, 6.45) is 3.27. The van der Waals surface area contributed by atoms with Gasteiger partial charge in [-0.25, -0.2) is 17.9 Å². The van der Waals surface area contributed by atoms with Gasteiger partial charge < -0.3 is 0 Å². The third kappa shape index (κ3) is 5.05. The van der Waals surface area contributed by atoms with Crippen LogP contribution in [0.1, 0.15) is 5.56 Å². The molecule has 4 aromatic rings. The Labute approximate surface area is 183 Å². The Balaban J connectivity index is 1.39. The second kappa shape index (κ2) is 8.80. The highest BCUT2D eigenvalue weighted by Gasteiger charge is 2.19. The molecular weight excluding hydrogens is 434 g/mol. The number of fused-ring (bicyclic) bond motifs is 1. The van der Waals surface area contributed by atoms with E-state index in [1.165, 1.54) is 24.5 Å². The first kappa shape index (κ1) is 20.9. The second-order valence-corrected chi connectivity index (χ2v) is 9.57. The van der Waals surface area contributed by atoms with Gasteiger partial charge in [0.25, 0.3) is 0 Å². The SMILES string of the molecule is CN(CC(=O)Nc1nn2cc(-c3ccccc3)nc2s1)S(=O)(=O)C=Cc1ccccc1. The van der Waals surface area contributed by atoms with E-state index in [1.807, 2.05) is 48.5 Å². The highest BCUT2D eigenvalue weighted by molar-refractivity contribution is 7.92. The van der Waals surface area contributed by atoms with Crippen molar-refractivity contribution >= 4 is 43.4 Å². The van der Waals surface area contributed by atoms with Crippen molar-refractivity contribution in [3.05, 3.63) is 77.8 Å². The Morgan fingerprint density at radius 1 is 1.13 bits per heavy atom. The number of imidazole rings is 1. The molecule has 0 bridgehead atoms. The van der Waals surface area contributed by atoms with Crippen LogP contribution in [0.4, 0.5) is 5.13 Å². The molecule has 0 fully saturated rings. The van der Waals surface area contributed by atoms with Gasteiger partial charge in [0.2, 0.25) is 26.0 Å². The Morgan fingerprint density at radius 2 is 1.81 bits per heavy atom. The fourth-order valence-electron chi connectivity index (χ4n) is 2.78. The number of nitrogens with one attached hydrogen (secondary N) is 1. The van der Waals surface area contributed by atoms with Crippen LogP contribution in [0.3, 0.4) is 0 Å². The molecule has 0 spiro atoms. The predicted molar refractivity (Wildman–Crippen MR) is 122 cm³/mol. The molecule has 0 saturated carbocycles. The molecule has 0 aliphatic rings. The number of hydrogen-bond donors (Lipinski definition) is 1. The van der Waals surface area contributed by atoms with Crippen molar-refractivity contribution in [3.63, 3.8) is 0 Å². The maximum absolute atomic E-state index is 12.4. The van der Waals surface area contributed by atoms with Crippen molar-refractivity contribution in [2.24, 2.45) is 0 Å². The molecule has 1 N–H and O–H groups in total. The van der Waals surface area contributed by atoms with Gasteiger partial charge in [0.05, 0.1) is 18.4 Å². The number of aromatic nitrogens is 3. The Morgan fingerprint density at radius 3 is 2.48 bits per heavy atom. The number of nitrogens with zero attached hydrogens (tertiary/aromatic N) is 4. The Bertz CT molecular complexity index is 1300. The molecule has 0 saturated heterocycles. The molecule has 158 valence electrons. The molecule has 1 amide bonds. The summed E-state index contributed by atoms with van der Waals surface area (Å²) in [5.41, 5.74) is 2.51. The number of rotatable bonds is 7. The van der Waals surface area contributed by atoms with Crippen LogP contribution in [0.5, 0.6) is 0 Å². The van der Waals surface area contributed by atoms with Crippen molar-refractivity contribution in [1.82, 2.24) is 18.9 Å². The zero-order valence-electron chi connectivity index (χ0n) is 16.5. The lowest BCUT2D eigenvalue weighted by molar-refractivity contribution is -0.116. The molecule has 0 atom stereocenters. The summed E-state index contributed by atoms with van der Waals surface area (Å²) in [6.45, 7) is -0.335. The summed E-state index contributed by atoms with van der Waals surface area (Å²) < 4.78 is 27.4. The fraction of sp³-hybridized carbons (Fsp3) is 0.0952. The number of amides is 1. The van der Waals surface area contributed by atoms with Crippen molar-refractivity contribution in [1.29, 1.82) is 0 Å². The van der Waals surface area contributed by atoms with Crippen LogP contribution in [0.15, 0.2) is 72.3 Å². The largest absolute Gasteiger partial charge is 0.299 e. The van der Waals surface area contributed by atoms with Crippen molar-refractivity contribution in [2.75, 3.05) is 18.9 Å². The van der Waals surface area contributed by atoms with Gasteiger partial charge in [0.1, 0.15) is 0 Å². The minimum atomic E-state index is -3.74. The van der Waals surface area contributed by atoms with Gasteiger partial charge in [0.15, 0.2) is 0 Å². The van der Waals surface area contributed by atoms with Crippen LogP contribution in [-0.2, 0) is 14.8 Å². The van der Waals surface area contributed by atoms with Crippen LogP contribution in [0.25, 0.3) is 22.3 Å². The van der Waals surface area contributed by atoms with Crippen molar-refractivity contribution < 1.29 is 13.2 Å². The van der Waals surface area contributed by atoms with E-state index >= 15 is 0 Å². The Kier molecular flexibility index (Phi) is 5.94. The molecule has 4 rings (SSSR count). The van der Waals surface area contributed by atoms with Gasteiger partial charge in [-0.3, -0.25) is 10.1 Å². The number of hydrogen-bond acceptors (Lipinski definition) is 6. The monoisotopic (exact) mass is 453 g/mol. The number of anilines is 1. The standard InChI is InChI=1S/C21H19N5O3S2/c1-25(31(28,29)13-12-16-8-4-2-5-9-16)15-19(27)23-20-24-26-14-18(22-21(26)30-20)17-10-6-3-7-11-17/h2-14H,15H2,1H3,(H,23,24,27). The topological polar surface area (TPSA) is 96.7 Å². The number of benzene rings is 2. The van der Waals surface area contributed by atoms with Gasteiger partial charge in [-0.2, -0.15) is 4.31 Å². The van der Waals surface area contributed by atoms with E-state index < -0.39 is 15.9 Å². The van der Waals surface area contributed by atoms with E-state index in [4.69, 9.17) is 0 Å². The highest BCUT2D eigenvalue weighted by Crippen LogP contribution is 2.24. The van der Waals surface area contributed by atoms with Crippen LogP contribution >= 0.6 is 11.3 Å². The average molecular weight is 454 g/mol. The summed E-state index contributed by atoms with van der Waals surface area (Å²) in [5.74, 6) is -0.487. The van der Waals surface area contributed by atoms with E-state index in [-0.39, 0.29) is 6.54 Å². The highest BCUT2D eigenvalue weighted by atomic mass is 32.2. The maximum Gasteiger partial charge on any atom is 0.241 e. The molecule has 0 aliphatic heterocycles. The van der Waals surface area contributed by atoms with E-state index in [2.05, 4.69) is 15.4 Å². The quantitative estimate of drug-likeness (QED) is 0.463. The molecule has 2 aromatic carbocycles. The molecule has 31 heavy (non-hydrogen) atoms. The first-order valence-corrected chi connectivity index (χ1v) is 11.6. The third-order valence-corrected chi connectivity index (χ3v) is 6.71. The summed E-state index contributed by atoms with van der Waals surface area (Å²) in [5, 5.41) is 8.36. The summed E-state index contributed by atoms with van der Waals surface area (Å²) in [7, 11) is -2.39. The summed E-state index contributed by atoms with van der Waals surface area (Å²) in [4.78, 5) is 17.5. The predicted octanol–water partition coefficient (Wildman–Crippen LogP) is 3.33. The van der Waals surface area contributed by atoms with Crippen molar-refractivity contribution in [2.45, 2.75) is 0 Å². The first-order chi connectivity index (χ1) is 14.9. The fourth-order valence-corrected chi connectivity index (χ4v) is 4.41. The lowest BCUT2D eigenvalue weighted by Gasteiger charge is -2.13. The summed E-state index contributed by atoms with van der Waals surface area (Å²) in [6, 6.07) is 18.8. The third-order valence-electron chi connectivity index (χ3n) is 4.39. The van der Waals surface area contributed by atoms with Gasteiger partial charge >= 0.3 is 0 Å². The van der Waals surface area contributed by atoms with Gasteiger partial charge in [-0.15, -0.1) is 5.10 Å². The molecule has 10 heteroatoms. The normalized spacial score (nSPS) is 12.1. The van der Waals surface area contributed by atoms with Crippen LogP contribution in [0, 0.1) is 0 Å². The maximum atomic E-state index is 12.4. The van der Waals surface area contributed by atoms with Crippen molar-refractivity contribution in [3.8, 4) is 11.3 Å².